The van der Waals surface area contributed by atoms with E-state index in [1.165, 1.54) is 18.5 Å². The second kappa shape index (κ2) is 7.43. The van der Waals surface area contributed by atoms with Crippen molar-refractivity contribution in [2.75, 3.05) is 26.7 Å². The number of nitrogens with zero attached hydrogens (tertiary/aromatic N) is 2. The van der Waals surface area contributed by atoms with Gasteiger partial charge in [-0.2, -0.15) is 0 Å². The van der Waals surface area contributed by atoms with Gasteiger partial charge in [-0.1, -0.05) is 13.8 Å². The Labute approximate surface area is 129 Å². The summed E-state index contributed by atoms with van der Waals surface area (Å²) >= 11 is 0. The third kappa shape index (κ3) is 4.83. The van der Waals surface area contributed by atoms with Gasteiger partial charge in [0.05, 0.1) is 6.54 Å². The number of rotatable bonds is 5. The van der Waals surface area contributed by atoms with E-state index in [0.717, 1.165) is 37.7 Å². The van der Waals surface area contributed by atoms with Crippen LogP contribution in [0.3, 0.4) is 0 Å². The average molecular weight is 293 g/mol. The molecule has 0 bridgehead atoms. The first-order valence-electron chi connectivity index (χ1n) is 8.20. The first-order chi connectivity index (χ1) is 9.95. The first kappa shape index (κ1) is 16.5. The number of hydrogen-bond acceptors (Lipinski definition) is 4. The van der Waals surface area contributed by atoms with Crippen LogP contribution < -0.4 is 5.32 Å². The Morgan fingerprint density at radius 1 is 1.38 bits per heavy atom. The van der Waals surface area contributed by atoms with Crippen LogP contribution in [0, 0.1) is 6.92 Å². The Hall–Kier alpha value is -0.840. The molecule has 120 valence electrons. The molecule has 0 radical (unpaired) electrons. The molecule has 0 saturated carbocycles. The van der Waals surface area contributed by atoms with Gasteiger partial charge in [-0.15, -0.1) is 0 Å². The number of hydrogen-bond donors (Lipinski definition) is 1. The predicted octanol–water partition coefficient (Wildman–Crippen LogP) is 2.61. The van der Waals surface area contributed by atoms with Crippen molar-refractivity contribution < 1.29 is 4.42 Å². The molecule has 1 atom stereocenters. The lowest BCUT2D eigenvalue weighted by Crippen LogP contribution is -2.37. The van der Waals surface area contributed by atoms with Gasteiger partial charge in [0.1, 0.15) is 11.5 Å². The molecule has 4 nitrogen and oxygen atoms in total. The zero-order valence-electron chi connectivity index (χ0n) is 14.3. The molecule has 0 aromatic carbocycles. The fourth-order valence-electron chi connectivity index (χ4n) is 3.01. The fourth-order valence-corrected chi connectivity index (χ4v) is 3.01. The van der Waals surface area contributed by atoms with Gasteiger partial charge >= 0.3 is 0 Å². The topological polar surface area (TPSA) is 31.7 Å². The maximum Gasteiger partial charge on any atom is 0.118 e. The van der Waals surface area contributed by atoms with Gasteiger partial charge in [-0.25, -0.2) is 0 Å². The standard InChI is InChI=1S/C17H31N3O/c1-13(2)18-10-16-9-17(21-15(16)4)12-20-8-6-7-19(5)11-14(20)3/h9,13-14,18H,6-8,10-12H2,1-5H3. The molecule has 1 unspecified atom stereocenters. The molecule has 0 spiro atoms. The van der Waals surface area contributed by atoms with Gasteiger partial charge in [-0.3, -0.25) is 4.90 Å². The van der Waals surface area contributed by atoms with Gasteiger partial charge in [0, 0.05) is 37.3 Å². The molecule has 1 aliphatic heterocycles. The number of nitrogens with one attached hydrogen (secondary N) is 1. The molecule has 2 heterocycles. The van der Waals surface area contributed by atoms with E-state index >= 15 is 0 Å². The molecule has 0 aliphatic carbocycles. The van der Waals surface area contributed by atoms with Crippen LogP contribution in [0.2, 0.25) is 0 Å². The van der Waals surface area contributed by atoms with Gasteiger partial charge in [-0.05, 0) is 39.9 Å². The summed E-state index contributed by atoms with van der Waals surface area (Å²) in [6.07, 6.45) is 1.24. The Balaban J connectivity index is 1.97. The second-order valence-electron chi connectivity index (χ2n) is 6.77. The van der Waals surface area contributed by atoms with Crippen LogP contribution in [0.15, 0.2) is 10.5 Å². The van der Waals surface area contributed by atoms with E-state index in [0.29, 0.717) is 12.1 Å². The van der Waals surface area contributed by atoms with Crippen molar-refractivity contribution in [2.24, 2.45) is 0 Å². The summed E-state index contributed by atoms with van der Waals surface area (Å²) in [6, 6.07) is 3.32. The zero-order chi connectivity index (χ0) is 15.4. The highest BCUT2D eigenvalue weighted by Crippen LogP contribution is 2.19. The van der Waals surface area contributed by atoms with Crippen molar-refractivity contribution in [3.63, 3.8) is 0 Å². The summed E-state index contributed by atoms with van der Waals surface area (Å²) in [5.41, 5.74) is 1.29. The van der Waals surface area contributed by atoms with Crippen molar-refractivity contribution in [3.05, 3.63) is 23.2 Å². The quantitative estimate of drug-likeness (QED) is 0.904. The Bertz CT molecular complexity index is 441. The molecule has 1 N–H and O–H groups in total. The number of likely N-dealkylation sites (N-methyl/N-ethyl adjacent to an activating group) is 1. The molecule has 0 amide bonds. The molecular formula is C17H31N3O. The lowest BCUT2D eigenvalue weighted by molar-refractivity contribution is 0.181. The molecule has 4 heteroatoms. The minimum Gasteiger partial charge on any atom is -0.465 e. The summed E-state index contributed by atoms with van der Waals surface area (Å²) < 4.78 is 5.97. The maximum atomic E-state index is 5.97. The van der Waals surface area contributed by atoms with Crippen molar-refractivity contribution >= 4 is 0 Å². The molecule has 1 saturated heterocycles. The van der Waals surface area contributed by atoms with E-state index in [9.17, 15) is 0 Å². The molecular weight excluding hydrogens is 262 g/mol. The summed E-state index contributed by atoms with van der Waals surface area (Å²) in [5.74, 6) is 2.15. The van der Waals surface area contributed by atoms with Crippen LogP contribution in [0.4, 0.5) is 0 Å². The minimum absolute atomic E-state index is 0.504. The highest BCUT2D eigenvalue weighted by molar-refractivity contribution is 5.20. The number of furan rings is 1. The third-order valence-electron chi connectivity index (χ3n) is 4.32. The molecule has 1 fully saturated rings. The smallest absolute Gasteiger partial charge is 0.118 e. The summed E-state index contributed by atoms with van der Waals surface area (Å²) in [4.78, 5) is 4.97. The van der Waals surface area contributed by atoms with Crippen LogP contribution in [0.5, 0.6) is 0 Å². The van der Waals surface area contributed by atoms with Crippen molar-refractivity contribution in [2.45, 2.75) is 59.3 Å². The lowest BCUT2D eigenvalue weighted by Gasteiger charge is -2.26. The van der Waals surface area contributed by atoms with Crippen molar-refractivity contribution in [1.82, 2.24) is 15.1 Å². The predicted molar refractivity (Wildman–Crippen MR) is 87.4 cm³/mol. The minimum atomic E-state index is 0.504. The average Bonchev–Trinajstić information content (AvgIpc) is 2.66. The highest BCUT2D eigenvalue weighted by atomic mass is 16.3. The van der Waals surface area contributed by atoms with E-state index < -0.39 is 0 Å². The Morgan fingerprint density at radius 2 is 2.14 bits per heavy atom. The Morgan fingerprint density at radius 3 is 2.86 bits per heavy atom. The third-order valence-corrected chi connectivity index (χ3v) is 4.32. The zero-order valence-corrected chi connectivity index (χ0v) is 14.3. The molecule has 21 heavy (non-hydrogen) atoms. The van der Waals surface area contributed by atoms with Crippen molar-refractivity contribution in [1.29, 1.82) is 0 Å². The van der Waals surface area contributed by atoms with Crippen LogP contribution >= 0.6 is 0 Å². The van der Waals surface area contributed by atoms with Crippen LogP contribution in [0.25, 0.3) is 0 Å². The maximum absolute atomic E-state index is 5.97. The highest BCUT2D eigenvalue weighted by Gasteiger charge is 2.21. The van der Waals surface area contributed by atoms with Gasteiger partial charge < -0.3 is 14.6 Å². The van der Waals surface area contributed by atoms with E-state index in [1.807, 2.05) is 0 Å². The number of aryl methyl sites for hydroxylation is 1. The summed E-state index contributed by atoms with van der Waals surface area (Å²) in [5, 5.41) is 3.46. The lowest BCUT2D eigenvalue weighted by atomic mass is 10.2. The van der Waals surface area contributed by atoms with Crippen LogP contribution in [-0.2, 0) is 13.1 Å². The van der Waals surface area contributed by atoms with Gasteiger partial charge in [0.2, 0.25) is 0 Å². The van der Waals surface area contributed by atoms with E-state index in [4.69, 9.17) is 4.42 Å². The van der Waals surface area contributed by atoms with Crippen LogP contribution in [0.1, 0.15) is 44.3 Å². The summed E-state index contributed by atoms with van der Waals surface area (Å²) in [7, 11) is 2.22. The molecule has 2 rings (SSSR count). The van der Waals surface area contributed by atoms with Crippen LogP contribution in [-0.4, -0.2) is 48.6 Å². The normalized spacial score (nSPS) is 21.9. The molecule has 1 aromatic rings. The monoisotopic (exact) mass is 293 g/mol. The summed E-state index contributed by atoms with van der Waals surface area (Å²) in [6.45, 7) is 14.0. The fraction of sp³-hybridized carbons (Fsp3) is 0.765. The first-order valence-corrected chi connectivity index (χ1v) is 8.20. The molecule has 1 aliphatic rings. The SMILES string of the molecule is Cc1oc(CN2CCCN(C)CC2C)cc1CNC(C)C. The Kier molecular flexibility index (Phi) is 5.85. The van der Waals surface area contributed by atoms with E-state index in [2.05, 4.69) is 55.9 Å². The largest absolute Gasteiger partial charge is 0.465 e. The van der Waals surface area contributed by atoms with E-state index in [1.54, 1.807) is 0 Å². The van der Waals surface area contributed by atoms with E-state index in [-0.39, 0.29) is 0 Å². The molecule has 1 aromatic heterocycles. The van der Waals surface area contributed by atoms with Gasteiger partial charge in [0.15, 0.2) is 0 Å². The second-order valence-corrected chi connectivity index (χ2v) is 6.77. The van der Waals surface area contributed by atoms with Crippen molar-refractivity contribution in [3.8, 4) is 0 Å². The van der Waals surface area contributed by atoms with Gasteiger partial charge in [0.25, 0.3) is 0 Å².